The zero-order valence-corrected chi connectivity index (χ0v) is 9.41. The van der Waals surface area contributed by atoms with Crippen LogP contribution in [0.1, 0.15) is 57.8 Å². The van der Waals surface area contributed by atoms with Crippen LogP contribution >= 0.6 is 0 Å². The van der Waals surface area contributed by atoms with E-state index in [4.69, 9.17) is 10.3 Å². The van der Waals surface area contributed by atoms with Crippen LogP contribution in [0.5, 0.6) is 0 Å². The zero-order chi connectivity index (χ0) is 10.5. The van der Waals surface area contributed by atoms with Gasteiger partial charge in [-0.15, -0.1) is 0 Å². The lowest BCUT2D eigenvalue weighted by molar-refractivity contribution is 0.382. The minimum atomic E-state index is 0.313. The van der Waals surface area contributed by atoms with E-state index in [0.29, 0.717) is 12.0 Å². The zero-order valence-electron chi connectivity index (χ0n) is 9.41. The lowest BCUT2D eigenvalue weighted by Gasteiger charge is -2.23. The predicted octanol–water partition coefficient (Wildman–Crippen LogP) is 3.47. The van der Waals surface area contributed by atoms with Crippen LogP contribution < -0.4 is 0 Å². The Labute approximate surface area is 92.4 Å². The molecule has 2 nitrogen and oxygen atoms in total. The lowest BCUT2D eigenvalue weighted by atomic mass is 9.87. The van der Waals surface area contributed by atoms with Crippen molar-refractivity contribution in [2.75, 3.05) is 0 Å². The van der Waals surface area contributed by atoms with Gasteiger partial charge in [0.25, 0.3) is 0 Å². The first-order chi connectivity index (χ1) is 7.38. The Morgan fingerprint density at radius 2 is 1.67 bits per heavy atom. The van der Waals surface area contributed by atoms with Crippen molar-refractivity contribution in [1.29, 1.82) is 5.26 Å². The number of hydrogen-bond donors (Lipinski definition) is 0. The molecule has 2 aliphatic rings. The van der Waals surface area contributed by atoms with Crippen molar-refractivity contribution < 1.29 is 0 Å². The highest BCUT2D eigenvalue weighted by Crippen LogP contribution is 2.27. The number of aliphatic imine (C=N–C) groups is 1. The van der Waals surface area contributed by atoms with Gasteiger partial charge in [-0.1, -0.05) is 6.42 Å². The maximum atomic E-state index is 8.81. The summed E-state index contributed by atoms with van der Waals surface area (Å²) in [5, 5.41) is 8.81. The second kappa shape index (κ2) is 5.30. The van der Waals surface area contributed by atoms with E-state index in [2.05, 4.69) is 6.07 Å². The Morgan fingerprint density at radius 1 is 1.00 bits per heavy atom. The highest BCUT2D eigenvalue weighted by Gasteiger charge is 2.20. The van der Waals surface area contributed by atoms with E-state index in [9.17, 15) is 0 Å². The van der Waals surface area contributed by atoms with E-state index >= 15 is 0 Å². The molecular weight excluding hydrogens is 184 g/mol. The van der Waals surface area contributed by atoms with E-state index < -0.39 is 0 Å². The summed E-state index contributed by atoms with van der Waals surface area (Å²) in [5.41, 5.74) is 1.46. The molecule has 0 heterocycles. The van der Waals surface area contributed by atoms with Crippen LogP contribution in [0.2, 0.25) is 0 Å². The average Bonchev–Trinajstić information content (AvgIpc) is 2.31. The van der Waals surface area contributed by atoms with Crippen LogP contribution in [0.15, 0.2) is 4.99 Å². The summed E-state index contributed by atoms with van der Waals surface area (Å²) in [4.78, 5) is 4.87. The average molecular weight is 204 g/mol. The largest absolute Gasteiger partial charge is 0.291 e. The van der Waals surface area contributed by atoms with Crippen LogP contribution in [0.25, 0.3) is 0 Å². The van der Waals surface area contributed by atoms with Crippen molar-refractivity contribution >= 4 is 5.71 Å². The van der Waals surface area contributed by atoms with E-state index in [1.54, 1.807) is 0 Å². The van der Waals surface area contributed by atoms with Gasteiger partial charge in [0.2, 0.25) is 0 Å². The van der Waals surface area contributed by atoms with Crippen LogP contribution in [0.4, 0.5) is 0 Å². The molecule has 0 saturated heterocycles. The summed E-state index contributed by atoms with van der Waals surface area (Å²) < 4.78 is 0. The molecule has 0 aliphatic heterocycles. The molecule has 15 heavy (non-hydrogen) atoms. The SMILES string of the molecule is N#CC1CCC(N=C2CCCCC2)CC1. The molecule has 2 fully saturated rings. The summed E-state index contributed by atoms with van der Waals surface area (Å²) in [7, 11) is 0. The molecule has 0 radical (unpaired) electrons. The van der Waals surface area contributed by atoms with Gasteiger partial charge in [0.1, 0.15) is 0 Å². The molecule has 82 valence electrons. The lowest BCUT2D eigenvalue weighted by Crippen LogP contribution is -2.18. The van der Waals surface area contributed by atoms with E-state index in [1.807, 2.05) is 0 Å². The number of nitrogens with zero attached hydrogens (tertiary/aromatic N) is 2. The fourth-order valence-electron chi connectivity index (χ4n) is 2.68. The maximum Gasteiger partial charge on any atom is 0.0655 e. The van der Waals surface area contributed by atoms with Gasteiger partial charge in [-0.05, 0) is 51.4 Å². The smallest absolute Gasteiger partial charge is 0.0655 e. The molecule has 0 aromatic rings. The molecule has 2 saturated carbocycles. The van der Waals surface area contributed by atoms with Crippen molar-refractivity contribution in [2.24, 2.45) is 10.9 Å². The molecule has 2 heteroatoms. The fraction of sp³-hybridized carbons (Fsp3) is 0.846. The summed E-state index contributed by atoms with van der Waals surface area (Å²) in [6.45, 7) is 0. The van der Waals surface area contributed by atoms with Crippen molar-refractivity contribution in [1.82, 2.24) is 0 Å². The second-order valence-corrected chi connectivity index (χ2v) is 4.89. The Hall–Kier alpha value is -0.840. The molecule has 0 N–H and O–H groups in total. The first-order valence-corrected chi connectivity index (χ1v) is 6.33. The van der Waals surface area contributed by atoms with Crippen molar-refractivity contribution in [3.05, 3.63) is 0 Å². The highest BCUT2D eigenvalue weighted by atomic mass is 14.8. The first-order valence-electron chi connectivity index (χ1n) is 6.33. The minimum absolute atomic E-state index is 0.313. The predicted molar refractivity (Wildman–Crippen MR) is 61.9 cm³/mol. The Balaban J connectivity index is 1.83. The van der Waals surface area contributed by atoms with Crippen LogP contribution in [0, 0.1) is 17.2 Å². The Kier molecular flexibility index (Phi) is 3.77. The van der Waals surface area contributed by atoms with Gasteiger partial charge < -0.3 is 0 Å². The van der Waals surface area contributed by atoms with Gasteiger partial charge in [-0.2, -0.15) is 5.26 Å². The van der Waals surface area contributed by atoms with E-state index in [0.717, 1.165) is 25.7 Å². The molecule has 0 spiro atoms. The quantitative estimate of drug-likeness (QED) is 0.644. The first kappa shape index (κ1) is 10.7. The molecule has 0 unspecified atom stereocenters. The molecule has 0 aromatic heterocycles. The third kappa shape index (κ3) is 3.06. The van der Waals surface area contributed by atoms with Crippen molar-refractivity contribution in [3.8, 4) is 6.07 Å². The highest BCUT2D eigenvalue weighted by molar-refractivity contribution is 5.85. The number of rotatable bonds is 1. The topological polar surface area (TPSA) is 36.1 Å². The van der Waals surface area contributed by atoms with E-state index in [1.165, 1.54) is 37.8 Å². The molecule has 0 aromatic carbocycles. The maximum absolute atomic E-state index is 8.81. The monoisotopic (exact) mass is 204 g/mol. The van der Waals surface area contributed by atoms with Crippen LogP contribution in [-0.4, -0.2) is 11.8 Å². The normalized spacial score (nSPS) is 32.1. The third-order valence-electron chi connectivity index (χ3n) is 3.68. The molecule has 2 aliphatic carbocycles. The Bertz CT molecular complexity index is 259. The van der Waals surface area contributed by atoms with Crippen LogP contribution in [-0.2, 0) is 0 Å². The molecule has 0 atom stereocenters. The molecule has 2 rings (SSSR count). The standard InChI is InChI=1S/C13H20N2/c14-10-11-6-8-13(9-7-11)15-12-4-2-1-3-5-12/h11,13H,1-9H2. The molecular formula is C13H20N2. The van der Waals surface area contributed by atoms with E-state index in [-0.39, 0.29) is 0 Å². The Morgan fingerprint density at radius 3 is 2.27 bits per heavy atom. The number of hydrogen-bond acceptors (Lipinski definition) is 2. The van der Waals surface area contributed by atoms with Crippen molar-refractivity contribution in [3.63, 3.8) is 0 Å². The van der Waals surface area contributed by atoms with Gasteiger partial charge in [-0.25, -0.2) is 0 Å². The summed E-state index contributed by atoms with van der Waals surface area (Å²) >= 11 is 0. The summed E-state index contributed by atoms with van der Waals surface area (Å²) in [6.07, 6.45) is 11.0. The third-order valence-corrected chi connectivity index (χ3v) is 3.68. The molecule has 0 amide bonds. The van der Waals surface area contributed by atoms with Gasteiger partial charge in [0.15, 0.2) is 0 Å². The second-order valence-electron chi connectivity index (χ2n) is 4.89. The minimum Gasteiger partial charge on any atom is -0.291 e. The molecule has 0 bridgehead atoms. The van der Waals surface area contributed by atoms with Crippen LogP contribution in [0.3, 0.4) is 0 Å². The fourth-order valence-corrected chi connectivity index (χ4v) is 2.68. The van der Waals surface area contributed by atoms with Crippen molar-refractivity contribution in [2.45, 2.75) is 63.8 Å². The number of nitriles is 1. The van der Waals surface area contributed by atoms with Gasteiger partial charge in [-0.3, -0.25) is 4.99 Å². The summed E-state index contributed by atoms with van der Waals surface area (Å²) in [6, 6.07) is 2.92. The van der Waals surface area contributed by atoms with Gasteiger partial charge in [0, 0.05) is 17.7 Å². The van der Waals surface area contributed by atoms with Gasteiger partial charge >= 0.3 is 0 Å². The van der Waals surface area contributed by atoms with Gasteiger partial charge in [0.05, 0.1) is 6.07 Å². The summed E-state index contributed by atoms with van der Waals surface area (Å²) in [5.74, 6) is 0.313.